The van der Waals surface area contributed by atoms with Crippen molar-refractivity contribution in [1.82, 2.24) is 9.97 Å². The molecule has 0 aliphatic carbocycles. The monoisotopic (exact) mass is 489 g/mol. The Hall–Kier alpha value is -3.45. The molecule has 0 radical (unpaired) electrons. The lowest BCUT2D eigenvalue weighted by molar-refractivity contribution is -0.123. The third-order valence-electron chi connectivity index (χ3n) is 6.85. The minimum absolute atomic E-state index is 0.209. The number of aromatic amines is 1. The molecule has 2 aromatic carbocycles. The summed E-state index contributed by atoms with van der Waals surface area (Å²) in [6, 6.07) is 15.1. The van der Waals surface area contributed by atoms with Crippen molar-refractivity contribution in [2.45, 2.75) is 50.3 Å². The predicted molar refractivity (Wildman–Crippen MR) is 140 cm³/mol. The molecule has 7 heteroatoms. The van der Waals surface area contributed by atoms with Crippen LogP contribution in [0.2, 0.25) is 0 Å². The topological polar surface area (TPSA) is 106 Å². The lowest BCUT2D eigenvalue weighted by Crippen LogP contribution is -2.41. The molecule has 1 unspecified atom stereocenters. The molecule has 35 heavy (non-hydrogen) atoms. The van der Waals surface area contributed by atoms with E-state index in [9.17, 15) is 13.2 Å². The summed E-state index contributed by atoms with van der Waals surface area (Å²) in [5.41, 5.74) is 11.7. The van der Waals surface area contributed by atoms with Gasteiger partial charge in [-0.25, -0.2) is 8.42 Å². The number of pyridine rings is 1. The molecule has 2 heterocycles. The van der Waals surface area contributed by atoms with E-state index in [1.165, 1.54) is 6.26 Å². The molecule has 6 nitrogen and oxygen atoms in total. The van der Waals surface area contributed by atoms with Gasteiger partial charge in [0.1, 0.15) is 0 Å². The summed E-state index contributed by atoms with van der Waals surface area (Å²) in [6.45, 7) is 6.03. The number of sulfone groups is 1. The molecule has 0 saturated heterocycles. The maximum absolute atomic E-state index is 13.3. The second-order valence-corrected chi connectivity index (χ2v) is 11.4. The third-order valence-corrected chi connectivity index (χ3v) is 7.96. The van der Waals surface area contributed by atoms with Crippen molar-refractivity contribution < 1.29 is 13.2 Å². The minimum atomic E-state index is -3.44. The Morgan fingerprint density at radius 1 is 1.03 bits per heavy atom. The summed E-state index contributed by atoms with van der Waals surface area (Å²) in [4.78, 5) is 21.1. The Kier molecular flexibility index (Phi) is 6.56. The van der Waals surface area contributed by atoms with Crippen molar-refractivity contribution in [2.75, 3.05) is 6.26 Å². The summed E-state index contributed by atoms with van der Waals surface area (Å²) >= 11 is 0. The van der Waals surface area contributed by atoms with Crippen molar-refractivity contribution in [2.24, 2.45) is 5.73 Å². The Bertz CT molecular complexity index is 1490. The van der Waals surface area contributed by atoms with E-state index in [1.54, 1.807) is 30.6 Å². The third kappa shape index (κ3) is 4.73. The van der Waals surface area contributed by atoms with Gasteiger partial charge < -0.3 is 10.7 Å². The first-order valence-corrected chi connectivity index (χ1v) is 13.6. The van der Waals surface area contributed by atoms with Crippen molar-refractivity contribution in [3.8, 4) is 11.3 Å². The van der Waals surface area contributed by atoms with E-state index in [1.807, 2.05) is 32.9 Å². The Balaban J connectivity index is 2.04. The zero-order chi connectivity index (χ0) is 25.4. The summed E-state index contributed by atoms with van der Waals surface area (Å²) in [5, 5.41) is 0.706. The van der Waals surface area contributed by atoms with Crippen LogP contribution in [0.5, 0.6) is 0 Å². The maximum atomic E-state index is 13.3. The van der Waals surface area contributed by atoms with Crippen LogP contribution in [0.3, 0.4) is 0 Å². The van der Waals surface area contributed by atoms with E-state index in [-0.39, 0.29) is 4.90 Å². The summed E-state index contributed by atoms with van der Waals surface area (Å²) in [7, 11) is -3.44. The van der Waals surface area contributed by atoms with E-state index < -0.39 is 21.2 Å². The fraction of sp³-hybridized carbons (Fsp3) is 0.286. The number of aryl methyl sites for hydroxylation is 3. The highest BCUT2D eigenvalue weighted by Crippen LogP contribution is 2.44. The molecule has 0 aliphatic heterocycles. The summed E-state index contributed by atoms with van der Waals surface area (Å²) in [6.07, 6.45) is 6.24. The van der Waals surface area contributed by atoms with Crippen LogP contribution in [0.4, 0.5) is 0 Å². The van der Waals surface area contributed by atoms with Crippen LogP contribution in [0, 0.1) is 13.8 Å². The maximum Gasteiger partial charge on any atom is 0.228 e. The molecule has 0 spiro atoms. The fourth-order valence-corrected chi connectivity index (χ4v) is 5.69. The highest BCUT2D eigenvalue weighted by atomic mass is 32.2. The largest absolute Gasteiger partial charge is 0.369 e. The second-order valence-electron chi connectivity index (χ2n) is 9.39. The lowest BCUT2D eigenvalue weighted by Gasteiger charge is -2.31. The zero-order valence-electron chi connectivity index (χ0n) is 20.6. The smallest absolute Gasteiger partial charge is 0.228 e. The first-order valence-electron chi connectivity index (χ1n) is 11.7. The van der Waals surface area contributed by atoms with Crippen LogP contribution in [-0.2, 0) is 26.5 Å². The van der Waals surface area contributed by atoms with Crippen LogP contribution in [0.25, 0.3) is 22.2 Å². The van der Waals surface area contributed by atoms with Gasteiger partial charge in [-0.1, -0.05) is 24.1 Å². The molecular formula is C28H31N3O3S. The van der Waals surface area contributed by atoms with Crippen molar-refractivity contribution in [3.63, 3.8) is 0 Å². The molecule has 2 aromatic heterocycles. The number of amides is 1. The van der Waals surface area contributed by atoms with Crippen LogP contribution in [-0.4, -0.2) is 30.5 Å². The van der Waals surface area contributed by atoms with Crippen LogP contribution in [0.1, 0.15) is 42.0 Å². The Labute approximate surface area is 206 Å². The van der Waals surface area contributed by atoms with E-state index in [4.69, 9.17) is 5.73 Å². The van der Waals surface area contributed by atoms with Gasteiger partial charge in [-0.2, -0.15) is 0 Å². The molecule has 0 aliphatic rings. The van der Waals surface area contributed by atoms with Crippen LogP contribution >= 0.6 is 0 Å². The van der Waals surface area contributed by atoms with E-state index in [0.29, 0.717) is 24.6 Å². The van der Waals surface area contributed by atoms with Crippen molar-refractivity contribution in [3.05, 3.63) is 83.2 Å². The van der Waals surface area contributed by atoms with Gasteiger partial charge in [0.2, 0.25) is 5.91 Å². The molecule has 0 saturated carbocycles. The van der Waals surface area contributed by atoms with Gasteiger partial charge in [0.25, 0.3) is 0 Å². The summed E-state index contributed by atoms with van der Waals surface area (Å²) < 4.78 is 24.8. The number of benzene rings is 2. The number of nitrogens with zero attached hydrogens (tertiary/aromatic N) is 1. The zero-order valence-corrected chi connectivity index (χ0v) is 21.4. The number of primary amides is 1. The number of hydrogen-bond donors (Lipinski definition) is 2. The first-order chi connectivity index (χ1) is 16.5. The van der Waals surface area contributed by atoms with Crippen molar-refractivity contribution in [1.29, 1.82) is 0 Å². The molecule has 182 valence electrons. The van der Waals surface area contributed by atoms with E-state index >= 15 is 0 Å². The number of aromatic nitrogens is 2. The fourth-order valence-electron chi connectivity index (χ4n) is 5.04. The van der Waals surface area contributed by atoms with Gasteiger partial charge in [0.05, 0.1) is 16.0 Å². The summed E-state index contributed by atoms with van der Waals surface area (Å²) in [5.74, 6) is -0.426. The number of nitrogens with two attached hydrogens (primary N) is 1. The molecule has 0 fully saturated rings. The average molecular weight is 490 g/mol. The SMILES string of the molecule is CCC(CCc1ccncc1)(C(N)=O)c1c(-c2cc(C)cc(C)c2)[nH]c2ccc(S(C)(=O)=O)cc12. The normalized spacial score (nSPS) is 13.6. The number of fused-ring (bicyclic) bond motifs is 1. The number of carbonyl (C=O) groups excluding carboxylic acids is 1. The molecule has 4 rings (SSSR count). The molecule has 4 aromatic rings. The molecule has 0 bridgehead atoms. The lowest BCUT2D eigenvalue weighted by atomic mass is 9.71. The van der Waals surface area contributed by atoms with Gasteiger partial charge in [-0.05, 0) is 86.7 Å². The van der Waals surface area contributed by atoms with Gasteiger partial charge in [-0.15, -0.1) is 0 Å². The molecule has 1 atom stereocenters. The average Bonchev–Trinajstić information content (AvgIpc) is 3.19. The minimum Gasteiger partial charge on any atom is -0.369 e. The molecule has 3 N–H and O–H groups in total. The molecule has 1 amide bonds. The van der Waals surface area contributed by atoms with Crippen molar-refractivity contribution >= 4 is 26.6 Å². The van der Waals surface area contributed by atoms with E-state index in [0.717, 1.165) is 39.0 Å². The second kappa shape index (κ2) is 9.30. The quantitative estimate of drug-likeness (QED) is 0.363. The highest BCUT2D eigenvalue weighted by molar-refractivity contribution is 7.90. The predicted octanol–water partition coefficient (Wildman–Crippen LogP) is 5.02. The first kappa shape index (κ1) is 24.7. The number of rotatable bonds is 8. The molecular weight excluding hydrogens is 458 g/mol. The standard InChI is InChI=1S/C28H31N3O3S/c1-5-28(27(29)32,11-8-20-9-12-30-13-10-20)25-23-17-22(35(4,33)34)6-7-24(23)31-26(25)21-15-18(2)14-19(3)16-21/h6-7,9-10,12-17,31H,5,8,11H2,1-4H3,(H2,29,32). The van der Waals surface area contributed by atoms with Crippen LogP contribution in [0.15, 0.2) is 65.8 Å². The number of H-pyrrole nitrogens is 1. The Morgan fingerprint density at radius 3 is 2.26 bits per heavy atom. The van der Waals surface area contributed by atoms with Crippen LogP contribution < -0.4 is 5.73 Å². The highest BCUT2D eigenvalue weighted by Gasteiger charge is 2.41. The number of hydrogen-bond acceptors (Lipinski definition) is 4. The van der Waals surface area contributed by atoms with E-state index in [2.05, 4.69) is 28.2 Å². The number of carbonyl (C=O) groups is 1. The van der Waals surface area contributed by atoms with Gasteiger partial charge in [0, 0.05) is 35.1 Å². The number of nitrogens with one attached hydrogen (secondary N) is 1. The van der Waals surface area contributed by atoms with Gasteiger partial charge >= 0.3 is 0 Å². The van der Waals surface area contributed by atoms with Gasteiger partial charge in [0.15, 0.2) is 9.84 Å². The Morgan fingerprint density at radius 2 is 1.69 bits per heavy atom. The van der Waals surface area contributed by atoms with Gasteiger partial charge in [-0.3, -0.25) is 9.78 Å².